The Morgan fingerprint density at radius 3 is 2.41 bits per heavy atom. The summed E-state index contributed by atoms with van der Waals surface area (Å²) in [7, 11) is 0. The number of halogens is 4. The van der Waals surface area contributed by atoms with E-state index in [1.54, 1.807) is 0 Å². The topological polar surface area (TPSA) is 139 Å². The van der Waals surface area contributed by atoms with Crippen LogP contribution in [0.1, 0.15) is 28.2 Å². The van der Waals surface area contributed by atoms with Crippen LogP contribution in [0, 0.1) is 0 Å². The molecule has 1 saturated heterocycles. The first-order chi connectivity index (χ1) is 15.0. The maximum Gasteiger partial charge on any atom is 0.451 e. The van der Waals surface area contributed by atoms with Crippen molar-refractivity contribution in [3.63, 3.8) is 0 Å². The van der Waals surface area contributed by atoms with Crippen molar-refractivity contribution < 1.29 is 37.1 Å². The number of carboxylic acid groups (broad SMARTS) is 1. The van der Waals surface area contributed by atoms with E-state index in [9.17, 15) is 31.9 Å². The van der Waals surface area contributed by atoms with Gasteiger partial charge < -0.3 is 16.2 Å². The van der Waals surface area contributed by atoms with E-state index in [0.717, 1.165) is 12.4 Å². The molecule has 0 unspecified atom stereocenters. The minimum absolute atomic E-state index is 0.0141. The summed E-state index contributed by atoms with van der Waals surface area (Å²) >= 11 is 0. The van der Waals surface area contributed by atoms with Gasteiger partial charge in [-0.2, -0.15) is 13.2 Å². The van der Waals surface area contributed by atoms with E-state index in [0.29, 0.717) is 10.5 Å². The van der Waals surface area contributed by atoms with Crippen molar-refractivity contribution in [1.82, 2.24) is 20.2 Å². The van der Waals surface area contributed by atoms with E-state index in [1.807, 2.05) is 0 Å². The number of likely N-dealkylation sites (tertiary alicyclic amines) is 1. The summed E-state index contributed by atoms with van der Waals surface area (Å²) in [6, 6.07) is 2.59. The highest BCUT2D eigenvalue weighted by Gasteiger charge is 2.42. The van der Waals surface area contributed by atoms with Gasteiger partial charge in [-0.3, -0.25) is 14.5 Å². The predicted octanol–water partition coefficient (Wildman–Crippen LogP) is 1.97. The van der Waals surface area contributed by atoms with Crippen LogP contribution < -0.4 is 11.1 Å². The molecule has 0 aliphatic carbocycles. The molecule has 1 aliphatic rings. The number of amides is 3. The van der Waals surface area contributed by atoms with Crippen LogP contribution >= 0.6 is 0 Å². The lowest BCUT2D eigenvalue weighted by Crippen LogP contribution is -2.48. The highest BCUT2D eigenvalue weighted by Crippen LogP contribution is 2.28. The molecule has 2 heterocycles. The average Bonchev–Trinajstić information content (AvgIpc) is 3.13. The molecule has 13 heteroatoms. The molecule has 3 rings (SSSR count). The van der Waals surface area contributed by atoms with Crippen molar-refractivity contribution in [2.24, 2.45) is 5.73 Å². The zero-order chi connectivity index (χ0) is 23.6. The van der Waals surface area contributed by atoms with Gasteiger partial charge in [0, 0.05) is 36.6 Å². The summed E-state index contributed by atoms with van der Waals surface area (Å²) in [4.78, 5) is 42.6. The van der Waals surface area contributed by atoms with E-state index in [2.05, 4.69) is 15.3 Å². The number of benzene rings is 1. The van der Waals surface area contributed by atoms with Gasteiger partial charge in [-0.25, -0.2) is 19.2 Å². The molecular weight excluding hydrogens is 438 g/mol. The van der Waals surface area contributed by atoms with E-state index >= 15 is 0 Å². The van der Waals surface area contributed by atoms with Gasteiger partial charge in [0.25, 0.3) is 0 Å². The second-order valence-electron chi connectivity index (χ2n) is 6.97. The summed E-state index contributed by atoms with van der Waals surface area (Å²) in [6.45, 7) is -0.437. The van der Waals surface area contributed by atoms with Crippen LogP contribution in [-0.4, -0.2) is 56.6 Å². The van der Waals surface area contributed by atoms with Gasteiger partial charge in [-0.05, 0) is 29.7 Å². The molecule has 32 heavy (non-hydrogen) atoms. The fraction of sp³-hybridized carbons (Fsp3) is 0.316. The number of carbonyl (C=O) groups is 3. The number of hydrogen-bond donors (Lipinski definition) is 3. The van der Waals surface area contributed by atoms with Crippen LogP contribution in [0.15, 0.2) is 30.6 Å². The third-order valence-corrected chi connectivity index (χ3v) is 4.90. The number of carbonyl (C=O) groups excluding carboxylic acids is 2. The normalized spacial score (nSPS) is 18.4. The minimum atomic E-state index is -4.71. The standard InChI is InChI=1S/C19H17F4N5O4/c20-13-3-4-28(18(31)32)14(13)16(30)25-6-10-5-9(1-2-12(10)15(24)29)11-7-26-17(27-8-11)19(21,22)23/h1-2,5,7-8,13-14H,3-4,6H2,(H2,24,29)(H,25,30)(H,31,32)/t13-,14-/m0/s1. The molecule has 2 atom stereocenters. The Labute approximate surface area is 178 Å². The Hall–Kier alpha value is -3.77. The number of nitrogens with two attached hydrogens (primary N) is 1. The molecule has 0 bridgehead atoms. The fourth-order valence-corrected chi connectivity index (χ4v) is 3.35. The van der Waals surface area contributed by atoms with Gasteiger partial charge in [-0.15, -0.1) is 0 Å². The average molecular weight is 455 g/mol. The number of primary amides is 1. The van der Waals surface area contributed by atoms with Crippen LogP contribution in [-0.2, 0) is 17.5 Å². The monoisotopic (exact) mass is 455 g/mol. The molecule has 1 aliphatic heterocycles. The molecule has 170 valence electrons. The van der Waals surface area contributed by atoms with Crippen molar-refractivity contribution in [2.45, 2.75) is 31.4 Å². The first kappa shape index (κ1) is 22.9. The molecule has 0 spiro atoms. The van der Waals surface area contributed by atoms with Crippen molar-refractivity contribution in [1.29, 1.82) is 0 Å². The predicted molar refractivity (Wildman–Crippen MR) is 101 cm³/mol. The zero-order valence-electron chi connectivity index (χ0n) is 16.3. The third kappa shape index (κ3) is 4.76. The second kappa shape index (κ2) is 8.77. The largest absolute Gasteiger partial charge is 0.465 e. The van der Waals surface area contributed by atoms with Crippen LogP contribution in [0.25, 0.3) is 11.1 Å². The Balaban J connectivity index is 1.83. The highest BCUT2D eigenvalue weighted by molar-refractivity contribution is 5.95. The molecule has 1 aromatic heterocycles. The first-order valence-electron chi connectivity index (χ1n) is 9.22. The molecule has 4 N–H and O–H groups in total. The number of rotatable bonds is 5. The van der Waals surface area contributed by atoms with Gasteiger partial charge in [0.15, 0.2) is 0 Å². The van der Waals surface area contributed by atoms with Crippen LogP contribution in [0.3, 0.4) is 0 Å². The van der Waals surface area contributed by atoms with Crippen molar-refractivity contribution in [3.8, 4) is 11.1 Å². The molecule has 9 nitrogen and oxygen atoms in total. The van der Waals surface area contributed by atoms with Gasteiger partial charge in [-0.1, -0.05) is 6.07 Å². The van der Waals surface area contributed by atoms with Gasteiger partial charge in [0.1, 0.15) is 12.2 Å². The van der Waals surface area contributed by atoms with Crippen molar-refractivity contribution in [2.75, 3.05) is 6.54 Å². The maximum atomic E-state index is 14.1. The Kier molecular flexibility index (Phi) is 6.27. The SMILES string of the molecule is NC(=O)c1ccc(-c2cnc(C(F)(F)F)nc2)cc1CNC(=O)[C@@H]1[C@@H](F)CCN1C(=O)O. The molecule has 1 fully saturated rings. The second-order valence-corrected chi connectivity index (χ2v) is 6.97. The van der Waals surface area contributed by atoms with Gasteiger partial charge in [0.2, 0.25) is 17.6 Å². The molecule has 2 aromatic rings. The van der Waals surface area contributed by atoms with Crippen LogP contribution in [0.2, 0.25) is 0 Å². The van der Waals surface area contributed by atoms with E-state index in [1.165, 1.54) is 18.2 Å². The van der Waals surface area contributed by atoms with E-state index < -0.39 is 42.1 Å². The molecule has 0 saturated carbocycles. The summed E-state index contributed by atoms with van der Waals surface area (Å²) in [5.74, 6) is -3.04. The Morgan fingerprint density at radius 1 is 1.19 bits per heavy atom. The smallest absolute Gasteiger partial charge is 0.451 e. The van der Waals surface area contributed by atoms with Crippen molar-refractivity contribution in [3.05, 3.63) is 47.5 Å². The number of aromatic nitrogens is 2. The molecule has 3 amide bonds. The Bertz CT molecular complexity index is 1050. The molecule has 1 aromatic carbocycles. The lowest BCUT2D eigenvalue weighted by molar-refractivity contribution is -0.145. The first-order valence-corrected chi connectivity index (χ1v) is 9.22. The lowest BCUT2D eigenvalue weighted by atomic mass is 10.00. The number of hydrogen-bond acceptors (Lipinski definition) is 5. The number of nitrogens with one attached hydrogen (secondary N) is 1. The summed E-state index contributed by atoms with van der Waals surface area (Å²) < 4.78 is 52.0. The summed E-state index contributed by atoms with van der Waals surface area (Å²) in [5.41, 5.74) is 6.09. The van der Waals surface area contributed by atoms with Crippen molar-refractivity contribution >= 4 is 17.9 Å². The third-order valence-electron chi connectivity index (χ3n) is 4.90. The molecule has 0 radical (unpaired) electrons. The van der Waals surface area contributed by atoms with E-state index in [-0.39, 0.29) is 36.2 Å². The van der Waals surface area contributed by atoms with Gasteiger partial charge >= 0.3 is 12.3 Å². The number of alkyl halides is 4. The summed E-state index contributed by atoms with van der Waals surface area (Å²) in [5, 5.41) is 11.5. The van der Waals surface area contributed by atoms with E-state index in [4.69, 9.17) is 10.8 Å². The zero-order valence-corrected chi connectivity index (χ0v) is 16.3. The fourth-order valence-electron chi connectivity index (χ4n) is 3.35. The quantitative estimate of drug-likeness (QED) is 0.590. The van der Waals surface area contributed by atoms with Crippen LogP contribution in [0.4, 0.5) is 22.4 Å². The number of nitrogens with zero attached hydrogens (tertiary/aromatic N) is 3. The minimum Gasteiger partial charge on any atom is -0.465 e. The highest BCUT2D eigenvalue weighted by atomic mass is 19.4. The molecular formula is C19H17F4N5O4. The Morgan fingerprint density at radius 2 is 1.84 bits per heavy atom. The maximum absolute atomic E-state index is 14.1. The summed E-state index contributed by atoms with van der Waals surface area (Å²) in [6.07, 6.45) is -6.05. The van der Waals surface area contributed by atoms with Gasteiger partial charge in [0.05, 0.1) is 0 Å². The lowest BCUT2D eigenvalue weighted by Gasteiger charge is -2.22. The van der Waals surface area contributed by atoms with Crippen LogP contribution in [0.5, 0.6) is 0 Å².